The van der Waals surface area contributed by atoms with Gasteiger partial charge in [0.25, 0.3) is 0 Å². The Labute approximate surface area is 120 Å². The lowest BCUT2D eigenvalue weighted by molar-refractivity contribution is -0.146. The molecule has 0 spiro atoms. The third-order valence-corrected chi connectivity index (χ3v) is 3.95. The van der Waals surface area contributed by atoms with Gasteiger partial charge in [0, 0.05) is 12.8 Å². The quantitative estimate of drug-likeness (QED) is 0.813. The highest BCUT2D eigenvalue weighted by Gasteiger charge is 2.35. The van der Waals surface area contributed by atoms with Crippen LogP contribution in [0.15, 0.2) is 0 Å². The van der Waals surface area contributed by atoms with Crippen LogP contribution in [0.3, 0.4) is 0 Å². The Bertz CT molecular complexity index is 328. The Kier molecular flexibility index (Phi) is 5.41. The molecule has 0 aliphatic carbocycles. The van der Waals surface area contributed by atoms with Crippen LogP contribution in [0, 0.1) is 0 Å². The highest BCUT2D eigenvalue weighted by Crippen LogP contribution is 2.30. The summed E-state index contributed by atoms with van der Waals surface area (Å²) < 4.78 is 17.5. The van der Waals surface area contributed by atoms with Gasteiger partial charge >= 0.3 is 5.97 Å². The fourth-order valence-corrected chi connectivity index (χ4v) is 3.02. The van der Waals surface area contributed by atoms with Crippen molar-refractivity contribution in [3.8, 4) is 0 Å². The molecule has 0 bridgehead atoms. The zero-order chi connectivity index (χ0) is 14.6. The maximum Gasteiger partial charge on any atom is 0.303 e. The molecule has 0 amide bonds. The Morgan fingerprint density at radius 2 is 2.00 bits per heavy atom. The van der Waals surface area contributed by atoms with Gasteiger partial charge in [-0.1, -0.05) is 0 Å². The molecule has 2 saturated heterocycles. The molecule has 3 unspecified atom stereocenters. The number of carboxylic acids is 1. The summed E-state index contributed by atoms with van der Waals surface area (Å²) in [4.78, 5) is 10.5. The fourth-order valence-electron chi connectivity index (χ4n) is 3.02. The number of aliphatic carboxylic acids is 1. The third-order valence-electron chi connectivity index (χ3n) is 3.95. The van der Waals surface area contributed by atoms with Crippen molar-refractivity contribution in [3.05, 3.63) is 0 Å². The topological polar surface area (TPSA) is 65.0 Å². The molecule has 116 valence electrons. The Morgan fingerprint density at radius 1 is 1.25 bits per heavy atom. The highest BCUT2D eigenvalue weighted by atomic mass is 16.7. The summed E-state index contributed by atoms with van der Waals surface area (Å²) in [6.45, 7) is 4.50. The minimum atomic E-state index is -0.726. The normalized spacial score (nSPS) is 33.2. The lowest BCUT2D eigenvalue weighted by atomic mass is 9.97. The Balaban J connectivity index is 1.69. The summed E-state index contributed by atoms with van der Waals surface area (Å²) in [7, 11) is 0. The third kappa shape index (κ3) is 5.04. The van der Waals surface area contributed by atoms with Gasteiger partial charge in [-0.2, -0.15) is 0 Å². The molecular weight excluding hydrogens is 260 g/mol. The van der Waals surface area contributed by atoms with Crippen molar-refractivity contribution < 1.29 is 24.1 Å². The number of rotatable bonds is 6. The Hall–Kier alpha value is -0.650. The molecule has 5 heteroatoms. The van der Waals surface area contributed by atoms with Crippen LogP contribution in [0.1, 0.15) is 58.8 Å². The SMILES string of the molecule is CC1(C)OCC(CC2CCCC(CCCC(=O)O)O2)O1. The van der Waals surface area contributed by atoms with Crippen LogP contribution in [-0.4, -0.2) is 41.8 Å². The second-order valence-corrected chi connectivity index (χ2v) is 6.28. The number of carboxylic acid groups (broad SMARTS) is 1. The molecule has 2 aliphatic rings. The minimum Gasteiger partial charge on any atom is -0.481 e. The molecule has 5 nitrogen and oxygen atoms in total. The van der Waals surface area contributed by atoms with Crippen molar-refractivity contribution in [2.24, 2.45) is 0 Å². The first-order valence-corrected chi connectivity index (χ1v) is 7.63. The number of hydrogen-bond donors (Lipinski definition) is 1. The van der Waals surface area contributed by atoms with Crippen LogP contribution in [0.25, 0.3) is 0 Å². The standard InChI is InChI=1S/C15H26O5/c1-15(2)18-10-13(20-15)9-12-7-3-5-11(19-12)6-4-8-14(16)17/h11-13H,3-10H2,1-2H3,(H,16,17). The number of ether oxygens (including phenoxy) is 3. The summed E-state index contributed by atoms with van der Waals surface area (Å²) in [5.41, 5.74) is 0. The molecule has 2 heterocycles. The van der Waals surface area contributed by atoms with E-state index in [0.29, 0.717) is 13.0 Å². The van der Waals surface area contributed by atoms with Crippen molar-refractivity contribution in [1.29, 1.82) is 0 Å². The molecule has 2 aliphatic heterocycles. The molecule has 0 aromatic carbocycles. The van der Waals surface area contributed by atoms with Crippen molar-refractivity contribution in [1.82, 2.24) is 0 Å². The average Bonchev–Trinajstić information content (AvgIpc) is 2.68. The summed E-state index contributed by atoms with van der Waals surface area (Å²) in [6.07, 6.45) is 6.46. The summed E-state index contributed by atoms with van der Waals surface area (Å²) >= 11 is 0. The van der Waals surface area contributed by atoms with Crippen LogP contribution < -0.4 is 0 Å². The van der Waals surface area contributed by atoms with Gasteiger partial charge in [-0.25, -0.2) is 0 Å². The first kappa shape index (κ1) is 15.7. The van der Waals surface area contributed by atoms with Crippen molar-refractivity contribution in [2.75, 3.05) is 6.61 Å². The van der Waals surface area contributed by atoms with E-state index in [-0.39, 0.29) is 24.7 Å². The van der Waals surface area contributed by atoms with Crippen LogP contribution in [0.2, 0.25) is 0 Å². The van der Waals surface area contributed by atoms with Gasteiger partial charge in [0.1, 0.15) is 0 Å². The van der Waals surface area contributed by atoms with Gasteiger partial charge in [0.05, 0.1) is 24.9 Å². The van der Waals surface area contributed by atoms with Crippen molar-refractivity contribution in [3.63, 3.8) is 0 Å². The van der Waals surface area contributed by atoms with Gasteiger partial charge in [0.15, 0.2) is 5.79 Å². The fraction of sp³-hybridized carbons (Fsp3) is 0.933. The summed E-state index contributed by atoms with van der Waals surface area (Å²) in [5.74, 6) is -1.20. The maximum atomic E-state index is 10.5. The molecule has 0 aromatic heterocycles. The summed E-state index contributed by atoms with van der Waals surface area (Å²) in [5, 5.41) is 8.66. The van der Waals surface area contributed by atoms with E-state index in [1.54, 1.807) is 0 Å². The molecule has 3 atom stereocenters. The van der Waals surface area contributed by atoms with Crippen LogP contribution in [-0.2, 0) is 19.0 Å². The molecule has 0 saturated carbocycles. The predicted molar refractivity (Wildman–Crippen MR) is 73.5 cm³/mol. The first-order valence-electron chi connectivity index (χ1n) is 7.63. The molecule has 20 heavy (non-hydrogen) atoms. The molecular formula is C15H26O5. The van der Waals surface area contributed by atoms with Crippen LogP contribution in [0.5, 0.6) is 0 Å². The van der Waals surface area contributed by atoms with Gasteiger partial charge in [-0.3, -0.25) is 4.79 Å². The molecule has 0 aromatic rings. The van der Waals surface area contributed by atoms with E-state index in [2.05, 4.69) is 0 Å². The maximum absolute atomic E-state index is 10.5. The second-order valence-electron chi connectivity index (χ2n) is 6.28. The monoisotopic (exact) mass is 286 g/mol. The van der Waals surface area contributed by atoms with Crippen LogP contribution in [0.4, 0.5) is 0 Å². The predicted octanol–water partition coefficient (Wildman–Crippen LogP) is 2.72. The highest BCUT2D eigenvalue weighted by molar-refractivity contribution is 5.66. The largest absolute Gasteiger partial charge is 0.481 e. The van der Waals surface area contributed by atoms with Gasteiger partial charge < -0.3 is 19.3 Å². The smallest absolute Gasteiger partial charge is 0.303 e. The Morgan fingerprint density at radius 3 is 2.65 bits per heavy atom. The van der Waals surface area contributed by atoms with Crippen LogP contribution >= 0.6 is 0 Å². The van der Waals surface area contributed by atoms with Gasteiger partial charge in [0.2, 0.25) is 0 Å². The number of hydrogen-bond acceptors (Lipinski definition) is 4. The van der Waals surface area contributed by atoms with E-state index in [4.69, 9.17) is 19.3 Å². The second kappa shape index (κ2) is 6.87. The molecule has 0 radical (unpaired) electrons. The summed E-state index contributed by atoms with van der Waals surface area (Å²) in [6, 6.07) is 0. The first-order chi connectivity index (χ1) is 9.44. The van der Waals surface area contributed by atoms with Crippen molar-refractivity contribution in [2.45, 2.75) is 82.9 Å². The number of carbonyl (C=O) groups is 1. The molecule has 2 rings (SSSR count). The minimum absolute atomic E-state index is 0.118. The van der Waals surface area contributed by atoms with Crippen molar-refractivity contribution >= 4 is 5.97 Å². The van der Waals surface area contributed by atoms with E-state index in [0.717, 1.165) is 32.1 Å². The zero-order valence-corrected chi connectivity index (χ0v) is 12.5. The molecule has 2 fully saturated rings. The lowest BCUT2D eigenvalue weighted by Gasteiger charge is -2.31. The average molecular weight is 286 g/mol. The zero-order valence-electron chi connectivity index (χ0n) is 12.5. The van der Waals surface area contributed by atoms with E-state index in [1.807, 2.05) is 13.8 Å². The van der Waals surface area contributed by atoms with E-state index >= 15 is 0 Å². The van der Waals surface area contributed by atoms with E-state index in [9.17, 15) is 4.79 Å². The molecule has 1 N–H and O–H groups in total. The lowest BCUT2D eigenvalue weighted by Crippen LogP contribution is -2.32. The van der Waals surface area contributed by atoms with Gasteiger partial charge in [-0.15, -0.1) is 0 Å². The van der Waals surface area contributed by atoms with E-state index < -0.39 is 11.8 Å². The van der Waals surface area contributed by atoms with E-state index in [1.165, 1.54) is 0 Å². The van der Waals surface area contributed by atoms with Gasteiger partial charge in [-0.05, 0) is 46.0 Å².